The SMILES string of the molecule is C=C1NCCc2cc(-c3nc(-c4ccc(N5CCN(CCC6CC6)CC5)cc4)c(F)nc3N)cc(F)c21. The molecule has 0 atom stereocenters. The Labute approximate surface area is 216 Å². The number of nitrogens with zero attached hydrogens (tertiary/aromatic N) is 4. The van der Waals surface area contributed by atoms with Gasteiger partial charge in [0.1, 0.15) is 17.2 Å². The second kappa shape index (κ2) is 9.74. The van der Waals surface area contributed by atoms with Crippen LogP contribution in [0.5, 0.6) is 0 Å². The van der Waals surface area contributed by atoms with Crippen LogP contribution in [0.25, 0.3) is 28.2 Å². The lowest BCUT2D eigenvalue weighted by molar-refractivity contribution is 0.250. The van der Waals surface area contributed by atoms with E-state index in [2.05, 4.69) is 31.7 Å². The molecule has 2 fully saturated rings. The first-order chi connectivity index (χ1) is 18.0. The van der Waals surface area contributed by atoms with Crippen molar-refractivity contribution in [1.29, 1.82) is 0 Å². The van der Waals surface area contributed by atoms with Gasteiger partial charge in [0.2, 0.25) is 5.95 Å². The van der Waals surface area contributed by atoms with E-state index in [1.165, 1.54) is 31.9 Å². The highest BCUT2D eigenvalue weighted by Gasteiger charge is 2.24. The number of aromatic nitrogens is 2. The quantitative estimate of drug-likeness (QED) is 0.509. The van der Waals surface area contributed by atoms with Crippen LogP contribution in [0.1, 0.15) is 30.4 Å². The Morgan fingerprint density at radius 3 is 2.46 bits per heavy atom. The molecule has 3 heterocycles. The monoisotopic (exact) mass is 502 g/mol. The highest BCUT2D eigenvalue weighted by Crippen LogP contribution is 2.34. The zero-order chi connectivity index (χ0) is 25.5. The maximum absolute atomic E-state index is 15.0. The molecule has 1 saturated carbocycles. The summed E-state index contributed by atoms with van der Waals surface area (Å²) in [5, 5.41) is 3.09. The summed E-state index contributed by atoms with van der Waals surface area (Å²) in [5.74, 6) is -0.251. The smallest absolute Gasteiger partial charge is 0.241 e. The molecule has 1 saturated heterocycles. The Hall–Kier alpha value is -3.52. The van der Waals surface area contributed by atoms with Crippen LogP contribution >= 0.6 is 0 Å². The molecular weight excluding hydrogens is 470 g/mol. The number of hydrogen-bond donors (Lipinski definition) is 2. The van der Waals surface area contributed by atoms with Crippen LogP contribution in [0.15, 0.2) is 43.0 Å². The van der Waals surface area contributed by atoms with E-state index in [0.717, 1.165) is 43.3 Å². The van der Waals surface area contributed by atoms with Crippen molar-refractivity contribution in [3.05, 3.63) is 65.9 Å². The topological polar surface area (TPSA) is 70.3 Å². The van der Waals surface area contributed by atoms with Gasteiger partial charge in [-0.1, -0.05) is 31.6 Å². The minimum atomic E-state index is -0.741. The Kier molecular flexibility index (Phi) is 6.28. The predicted molar refractivity (Wildman–Crippen MR) is 144 cm³/mol. The summed E-state index contributed by atoms with van der Waals surface area (Å²) >= 11 is 0. The summed E-state index contributed by atoms with van der Waals surface area (Å²) in [6.45, 7) is 9.88. The summed E-state index contributed by atoms with van der Waals surface area (Å²) in [5.41, 5.74) is 10.5. The van der Waals surface area contributed by atoms with Crippen molar-refractivity contribution < 1.29 is 8.78 Å². The Morgan fingerprint density at radius 2 is 1.73 bits per heavy atom. The molecule has 0 spiro atoms. The van der Waals surface area contributed by atoms with Gasteiger partial charge in [-0.15, -0.1) is 0 Å². The summed E-state index contributed by atoms with van der Waals surface area (Å²) in [7, 11) is 0. The van der Waals surface area contributed by atoms with E-state index in [4.69, 9.17) is 5.73 Å². The zero-order valence-corrected chi connectivity index (χ0v) is 20.9. The fraction of sp³-hybridized carbons (Fsp3) is 0.379. The molecule has 2 aromatic carbocycles. The van der Waals surface area contributed by atoms with Gasteiger partial charge in [-0.05, 0) is 55.1 Å². The number of halogens is 2. The van der Waals surface area contributed by atoms with Gasteiger partial charge in [0, 0.05) is 60.8 Å². The van der Waals surface area contributed by atoms with Gasteiger partial charge in [0.25, 0.3) is 0 Å². The molecule has 8 heteroatoms. The van der Waals surface area contributed by atoms with Crippen molar-refractivity contribution in [3.8, 4) is 22.5 Å². The van der Waals surface area contributed by atoms with E-state index in [0.29, 0.717) is 35.4 Å². The molecule has 1 aromatic heterocycles. The number of benzene rings is 2. The van der Waals surface area contributed by atoms with Crippen molar-refractivity contribution in [2.75, 3.05) is 49.9 Å². The predicted octanol–water partition coefficient (Wildman–Crippen LogP) is 4.71. The summed E-state index contributed by atoms with van der Waals surface area (Å²) in [4.78, 5) is 13.4. The number of anilines is 2. The van der Waals surface area contributed by atoms with E-state index in [1.54, 1.807) is 0 Å². The maximum Gasteiger partial charge on any atom is 0.241 e. The van der Waals surface area contributed by atoms with Crippen LogP contribution < -0.4 is 16.0 Å². The number of hydrogen-bond acceptors (Lipinski definition) is 6. The molecule has 0 amide bonds. The van der Waals surface area contributed by atoms with E-state index >= 15 is 0 Å². The first kappa shape index (κ1) is 23.9. The molecule has 192 valence electrons. The minimum Gasteiger partial charge on any atom is -0.385 e. The molecule has 37 heavy (non-hydrogen) atoms. The maximum atomic E-state index is 15.0. The van der Waals surface area contributed by atoms with Gasteiger partial charge < -0.3 is 16.0 Å². The van der Waals surface area contributed by atoms with Gasteiger partial charge in [-0.3, -0.25) is 4.90 Å². The Balaban J connectivity index is 1.22. The number of nitrogens with two attached hydrogens (primary N) is 1. The van der Waals surface area contributed by atoms with Crippen LogP contribution in [0.4, 0.5) is 20.3 Å². The van der Waals surface area contributed by atoms with Crippen LogP contribution in [0.3, 0.4) is 0 Å². The molecule has 6 rings (SSSR count). The standard InChI is InChI=1S/C29H32F2N6/c1-18-25-21(8-10-33-18)16-22(17-24(25)30)27-29(32)35-28(31)26(34-27)20-4-6-23(7-5-20)37-14-12-36(13-15-37)11-9-19-2-3-19/h4-7,16-17,19,33H,1-3,8-15H2,(H2,32,35). The molecule has 0 bridgehead atoms. The average Bonchev–Trinajstić information content (AvgIpc) is 3.73. The molecule has 0 unspecified atom stereocenters. The summed E-state index contributed by atoms with van der Waals surface area (Å²) in [6.07, 6.45) is 4.79. The Bertz CT molecular complexity index is 1330. The van der Waals surface area contributed by atoms with E-state index < -0.39 is 11.8 Å². The fourth-order valence-electron chi connectivity index (χ4n) is 5.43. The van der Waals surface area contributed by atoms with E-state index in [-0.39, 0.29) is 17.2 Å². The largest absolute Gasteiger partial charge is 0.385 e. The minimum absolute atomic E-state index is 0.0652. The van der Waals surface area contributed by atoms with Gasteiger partial charge in [0.15, 0.2) is 5.82 Å². The number of nitrogens with one attached hydrogen (secondary N) is 1. The van der Waals surface area contributed by atoms with Crippen LogP contribution in [-0.2, 0) is 6.42 Å². The number of fused-ring (bicyclic) bond motifs is 1. The highest BCUT2D eigenvalue weighted by atomic mass is 19.1. The summed E-state index contributed by atoms with van der Waals surface area (Å²) in [6, 6.07) is 11.0. The first-order valence-corrected chi connectivity index (χ1v) is 13.1. The summed E-state index contributed by atoms with van der Waals surface area (Å²) < 4.78 is 29.9. The molecular formula is C29H32F2N6. The number of piperazine rings is 1. The third-order valence-corrected chi connectivity index (χ3v) is 7.79. The second-order valence-electron chi connectivity index (χ2n) is 10.4. The second-order valence-corrected chi connectivity index (χ2v) is 10.4. The van der Waals surface area contributed by atoms with Gasteiger partial charge in [-0.25, -0.2) is 9.37 Å². The molecule has 6 nitrogen and oxygen atoms in total. The lowest BCUT2D eigenvalue weighted by Gasteiger charge is -2.36. The van der Waals surface area contributed by atoms with Crippen LogP contribution in [0, 0.1) is 17.7 Å². The lowest BCUT2D eigenvalue weighted by atomic mass is 9.94. The third kappa shape index (κ3) is 4.90. The molecule has 3 N–H and O–H groups in total. The molecule has 0 radical (unpaired) electrons. The van der Waals surface area contributed by atoms with Crippen molar-refractivity contribution in [3.63, 3.8) is 0 Å². The Morgan fingerprint density at radius 1 is 0.973 bits per heavy atom. The first-order valence-electron chi connectivity index (χ1n) is 13.1. The fourth-order valence-corrected chi connectivity index (χ4v) is 5.43. The van der Waals surface area contributed by atoms with Crippen LogP contribution in [-0.4, -0.2) is 54.1 Å². The van der Waals surface area contributed by atoms with Crippen LogP contribution in [0.2, 0.25) is 0 Å². The number of rotatable bonds is 6. The van der Waals surface area contributed by atoms with Gasteiger partial charge >= 0.3 is 0 Å². The lowest BCUT2D eigenvalue weighted by Crippen LogP contribution is -2.46. The van der Waals surface area contributed by atoms with Crippen molar-refractivity contribution in [1.82, 2.24) is 20.2 Å². The normalized spacial score (nSPS) is 18.0. The zero-order valence-electron chi connectivity index (χ0n) is 20.9. The molecule has 3 aliphatic rings. The van der Waals surface area contributed by atoms with Gasteiger partial charge in [-0.2, -0.15) is 9.37 Å². The molecule has 1 aliphatic carbocycles. The third-order valence-electron chi connectivity index (χ3n) is 7.79. The van der Waals surface area contributed by atoms with Crippen molar-refractivity contribution in [2.24, 2.45) is 5.92 Å². The number of nitrogen functional groups attached to an aromatic ring is 1. The van der Waals surface area contributed by atoms with Gasteiger partial charge in [0.05, 0.1) is 0 Å². The van der Waals surface area contributed by atoms with E-state index in [1.807, 2.05) is 30.3 Å². The average molecular weight is 503 g/mol. The molecule has 3 aromatic rings. The highest BCUT2D eigenvalue weighted by molar-refractivity contribution is 5.77. The van der Waals surface area contributed by atoms with E-state index in [9.17, 15) is 8.78 Å². The van der Waals surface area contributed by atoms with Crippen molar-refractivity contribution >= 4 is 17.2 Å². The van der Waals surface area contributed by atoms with Crippen molar-refractivity contribution in [2.45, 2.75) is 25.7 Å². The molecule has 2 aliphatic heterocycles.